The van der Waals surface area contributed by atoms with Crippen LogP contribution in [0.25, 0.3) is 0 Å². The number of hydrogen-bond donors (Lipinski definition) is 1. The monoisotopic (exact) mass is 259 g/mol. The third-order valence-electron chi connectivity index (χ3n) is 3.30. The Kier molecular flexibility index (Phi) is 4.25. The average molecular weight is 260 g/mol. The topological polar surface area (TPSA) is 21.3 Å². The molecule has 0 amide bonds. The molecule has 0 radical (unpaired) electrons. The molecule has 4 heteroatoms. The minimum atomic E-state index is 0.380. The lowest BCUT2D eigenvalue weighted by atomic mass is 9.90. The molecule has 0 aromatic carbocycles. The third kappa shape index (κ3) is 2.43. The van der Waals surface area contributed by atoms with Gasteiger partial charge in [-0.3, -0.25) is 0 Å². The minimum absolute atomic E-state index is 0.380. The number of ether oxygens (including phenoxy) is 1. The molecule has 1 aliphatic heterocycles. The highest BCUT2D eigenvalue weighted by Crippen LogP contribution is 2.38. The van der Waals surface area contributed by atoms with Crippen LogP contribution in [0.5, 0.6) is 0 Å². The van der Waals surface area contributed by atoms with Gasteiger partial charge in [-0.25, -0.2) is 0 Å². The van der Waals surface area contributed by atoms with Gasteiger partial charge < -0.3 is 10.1 Å². The first kappa shape index (κ1) is 12.4. The fourth-order valence-electron chi connectivity index (χ4n) is 2.53. The molecule has 2 nitrogen and oxygen atoms in total. The van der Waals surface area contributed by atoms with E-state index in [1.165, 1.54) is 4.88 Å². The summed E-state index contributed by atoms with van der Waals surface area (Å²) >= 11 is 7.67. The molecule has 1 aromatic heterocycles. The lowest BCUT2D eigenvalue weighted by Gasteiger charge is -2.25. The highest BCUT2D eigenvalue weighted by atomic mass is 35.5. The molecule has 0 bridgehead atoms. The molecular weight excluding hydrogens is 242 g/mol. The molecule has 3 atom stereocenters. The van der Waals surface area contributed by atoms with Crippen molar-refractivity contribution in [2.24, 2.45) is 5.92 Å². The number of hydrogen-bond acceptors (Lipinski definition) is 3. The summed E-state index contributed by atoms with van der Waals surface area (Å²) in [6, 6.07) is 4.48. The van der Waals surface area contributed by atoms with Gasteiger partial charge >= 0.3 is 0 Å². The summed E-state index contributed by atoms with van der Waals surface area (Å²) in [7, 11) is 2.02. The second-order valence-electron chi connectivity index (χ2n) is 4.18. The Labute approximate surface area is 106 Å². The van der Waals surface area contributed by atoms with Crippen LogP contribution in [-0.2, 0) is 4.74 Å². The predicted molar refractivity (Wildman–Crippen MR) is 69.3 cm³/mol. The number of halogens is 1. The zero-order chi connectivity index (χ0) is 11.5. The first-order valence-electron chi connectivity index (χ1n) is 5.80. The predicted octanol–water partition coefficient (Wildman–Crippen LogP) is 3.48. The smallest absolute Gasteiger partial charge is 0.0931 e. The lowest BCUT2D eigenvalue weighted by Crippen LogP contribution is -2.29. The largest absolute Gasteiger partial charge is 0.378 e. The van der Waals surface area contributed by atoms with Crippen LogP contribution in [0.15, 0.2) is 12.1 Å². The van der Waals surface area contributed by atoms with E-state index in [4.69, 9.17) is 16.3 Å². The molecule has 90 valence electrons. The van der Waals surface area contributed by atoms with Crippen molar-refractivity contribution < 1.29 is 4.74 Å². The summed E-state index contributed by atoms with van der Waals surface area (Å²) in [5.41, 5.74) is 0. The molecule has 1 aromatic rings. The molecule has 1 fully saturated rings. The van der Waals surface area contributed by atoms with Crippen LogP contribution in [0, 0.1) is 5.92 Å². The van der Waals surface area contributed by atoms with E-state index < -0.39 is 0 Å². The van der Waals surface area contributed by atoms with Crippen molar-refractivity contribution in [3.63, 3.8) is 0 Å². The van der Waals surface area contributed by atoms with Crippen molar-refractivity contribution in [3.05, 3.63) is 21.3 Å². The summed E-state index contributed by atoms with van der Waals surface area (Å²) in [5.74, 6) is 0.574. The van der Waals surface area contributed by atoms with Gasteiger partial charge in [0.05, 0.1) is 10.4 Å². The average Bonchev–Trinajstić information content (AvgIpc) is 2.89. The summed E-state index contributed by atoms with van der Waals surface area (Å²) in [5, 5.41) is 3.41. The van der Waals surface area contributed by atoms with Gasteiger partial charge in [0.15, 0.2) is 0 Å². The zero-order valence-electron chi connectivity index (χ0n) is 9.70. The van der Waals surface area contributed by atoms with E-state index in [0.717, 1.165) is 23.8 Å². The molecule has 2 rings (SSSR count). The Balaban J connectivity index is 2.15. The highest BCUT2D eigenvalue weighted by Gasteiger charge is 2.34. The maximum atomic E-state index is 6.00. The first-order chi connectivity index (χ1) is 7.76. The van der Waals surface area contributed by atoms with E-state index in [9.17, 15) is 0 Å². The van der Waals surface area contributed by atoms with E-state index in [0.29, 0.717) is 18.1 Å². The second kappa shape index (κ2) is 5.50. The van der Waals surface area contributed by atoms with E-state index in [2.05, 4.69) is 18.3 Å². The molecule has 2 heterocycles. The van der Waals surface area contributed by atoms with Crippen molar-refractivity contribution >= 4 is 22.9 Å². The quantitative estimate of drug-likeness (QED) is 0.894. The van der Waals surface area contributed by atoms with Crippen molar-refractivity contribution in [2.75, 3.05) is 13.7 Å². The minimum Gasteiger partial charge on any atom is -0.378 e. The Hall–Kier alpha value is -0.0900. The van der Waals surface area contributed by atoms with Gasteiger partial charge in [0.1, 0.15) is 0 Å². The Morgan fingerprint density at radius 3 is 3.00 bits per heavy atom. The number of nitrogens with one attached hydrogen (secondary N) is 1. The lowest BCUT2D eigenvalue weighted by molar-refractivity contribution is 0.0786. The molecular formula is C12H18ClNOS. The molecule has 16 heavy (non-hydrogen) atoms. The van der Waals surface area contributed by atoms with Crippen LogP contribution in [0.1, 0.15) is 30.7 Å². The molecule has 0 aliphatic carbocycles. The van der Waals surface area contributed by atoms with Crippen LogP contribution in [0.4, 0.5) is 0 Å². The first-order valence-corrected chi connectivity index (χ1v) is 6.99. The van der Waals surface area contributed by atoms with Gasteiger partial charge in [-0.2, -0.15) is 0 Å². The van der Waals surface area contributed by atoms with Gasteiger partial charge in [0, 0.05) is 23.4 Å². The fourth-order valence-corrected chi connectivity index (χ4v) is 3.78. The summed E-state index contributed by atoms with van der Waals surface area (Å²) in [6.07, 6.45) is 2.61. The number of rotatable bonds is 4. The molecule has 0 spiro atoms. The highest BCUT2D eigenvalue weighted by molar-refractivity contribution is 7.16. The van der Waals surface area contributed by atoms with Crippen LogP contribution < -0.4 is 5.32 Å². The van der Waals surface area contributed by atoms with Crippen LogP contribution in [0.2, 0.25) is 4.34 Å². The summed E-state index contributed by atoms with van der Waals surface area (Å²) in [4.78, 5) is 1.32. The zero-order valence-corrected chi connectivity index (χ0v) is 11.3. The normalized spacial score (nSPS) is 27.2. The molecule has 1 saturated heterocycles. The Morgan fingerprint density at radius 1 is 1.62 bits per heavy atom. The van der Waals surface area contributed by atoms with Crippen LogP contribution >= 0.6 is 22.9 Å². The summed E-state index contributed by atoms with van der Waals surface area (Å²) in [6.45, 7) is 3.08. The van der Waals surface area contributed by atoms with Crippen molar-refractivity contribution in [1.29, 1.82) is 0 Å². The second-order valence-corrected chi connectivity index (χ2v) is 5.92. The van der Waals surface area contributed by atoms with E-state index in [-0.39, 0.29) is 0 Å². The van der Waals surface area contributed by atoms with Crippen molar-refractivity contribution in [2.45, 2.75) is 31.9 Å². The summed E-state index contributed by atoms with van der Waals surface area (Å²) < 4.78 is 6.62. The molecule has 3 unspecified atom stereocenters. The van der Waals surface area contributed by atoms with Crippen molar-refractivity contribution in [3.8, 4) is 0 Å². The van der Waals surface area contributed by atoms with Gasteiger partial charge in [-0.05, 0) is 32.0 Å². The van der Waals surface area contributed by atoms with Gasteiger partial charge in [-0.1, -0.05) is 18.5 Å². The van der Waals surface area contributed by atoms with Gasteiger partial charge in [-0.15, -0.1) is 11.3 Å². The van der Waals surface area contributed by atoms with Gasteiger partial charge in [0.25, 0.3) is 0 Å². The van der Waals surface area contributed by atoms with Gasteiger partial charge in [0.2, 0.25) is 0 Å². The van der Waals surface area contributed by atoms with E-state index in [1.807, 2.05) is 13.1 Å². The number of thiophene rings is 1. The maximum Gasteiger partial charge on any atom is 0.0931 e. The SMILES string of the molecule is CCC1OCCC1C(NC)c1ccc(Cl)s1. The van der Waals surface area contributed by atoms with E-state index in [1.54, 1.807) is 11.3 Å². The standard InChI is InChI=1S/C12H18ClNOS/c1-3-9-8(6-7-15-9)12(14-2)10-4-5-11(13)16-10/h4-5,8-9,12,14H,3,6-7H2,1-2H3. The molecule has 1 aliphatic rings. The molecule has 0 saturated carbocycles. The third-order valence-corrected chi connectivity index (χ3v) is 4.62. The van der Waals surface area contributed by atoms with E-state index >= 15 is 0 Å². The van der Waals surface area contributed by atoms with Crippen LogP contribution in [-0.4, -0.2) is 19.8 Å². The maximum absolute atomic E-state index is 6.00. The Morgan fingerprint density at radius 2 is 2.44 bits per heavy atom. The fraction of sp³-hybridized carbons (Fsp3) is 0.667. The van der Waals surface area contributed by atoms with Crippen molar-refractivity contribution in [1.82, 2.24) is 5.32 Å². The van der Waals surface area contributed by atoms with Crippen LogP contribution in [0.3, 0.4) is 0 Å². The Bertz CT molecular complexity index is 342. The molecule has 1 N–H and O–H groups in total.